The van der Waals surface area contributed by atoms with Gasteiger partial charge in [-0.05, 0) is 0 Å². The molecule has 5 heteroatoms. The molecule has 0 radical (unpaired) electrons. The van der Waals surface area contributed by atoms with Crippen LogP contribution in [0.4, 0.5) is 10.1 Å². The van der Waals surface area contributed by atoms with Crippen LogP contribution in [0.1, 0.15) is 0 Å². The Morgan fingerprint density at radius 1 is 1.54 bits per heavy atom. The molecule has 0 aromatic heterocycles. The summed E-state index contributed by atoms with van der Waals surface area (Å²) in [7, 11) is 0. The average molecular weight is 202 g/mol. The number of hydrogen-bond donors (Lipinski definition) is 1. The summed E-state index contributed by atoms with van der Waals surface area (Å²) >= 11 is 5.51. The molecule has 0 aliphatic carbocycles. The quantitative estimate of drug-likeness (QED) is 0.695. The van der Waals surface area contributed by atoms with Crippen LogP contribution in [0.3, 0.4) is 0 Å². The molecule has 0 unspecified atom stereocenters. The lowest BCUT2D eigenvalue weighted by Gasteiger charge is -2.17. The van der Waals surface area contributed by atoms with Gasteiger partial charge >= 0.3 is 0 Å². The van der Waals surface area contributed by atoms with Crippen molar-refractivity contribution < 1.29 is 13.9 Å². The van der Waals surface area contributed by atoms with Crippen molar-refractivity contribution >= 4 is 23.2 Å². The van der Waals surface area contributed by atoms with Gasteiger partial charge in [0.05, 0.1) is 10.7 Å². The lowest BCUT2D eigenvalue weighted by atomic mass is 10.2. The number of benzene rings is 1. The Morgan fingerprint density at radius 3 is 3.08 bits per heavy atom. The maximum Gasteiger partial charge on any atom is 0.262 e. The smallest absolute Gasteiger partial charge is 0.262 e. The van der Waals surface area contributed by atoms with Gasteiger partial charge < -0.3 is 10.1 Å². The molecule has 0 spiro atoms. The van der Waals surface area contributed by atoms with Gasteiger partial charge in [-0.25, -0.2) is 4.39 Å². The third-order valence-electron chi connectivity index (χ3n) is 1.66. The third kappa shape index (κ3) is 1.45. The van der Waals surface area contributed by atoms with Gasteiger partial charge in [-0.1, -0.05) is 11.6 Å². The van der Waals surface area contributed by atoms with E-state index < -0.39 is 5.82 Å². The van der Waals surface area contributed by atoms with Crippen molar-refractivity contribution in [2.24, 2.45) is 0 Å². The van der Waals surface area contributed by atoms with Crippen LogP contribution in [0, 0.1) is 5.82 Å². The molecule has 3 nitrogen and oxygen atoms in total. The molecule has 1 N–H and O–H groups in total. The Bertz CT molecular complexity index is 381. The molecule has 2 rings (SSSR count). The van der Waals surface area contributed by atoms with E-state index in [9.17, 15) is 9.18 Å². The Morgan fingerprint density at radius 2 is 2.31 bits per heavy atom. The molecule has 0 atom stereocenters. The lowest BCUT2D eigenvalue weighted by molar-refractivity contribution is -0.118. The number of hydrogen-bond acceptors (Lipinski definition) is 2. The number of halogens is 2. The predicted molar refractivity (Wildman–Crippen MR) is 45.5 cm³/mol. The summed E-state index contributed by atoms with van der Waals surface area (Å²) < 4.78 is 17.9. The molecule has 0 fully saturated rings. The van der Waals surface area contributed by atoms with E-state index in [1.807, 2.05) is 0 Å². The van der Waals surface area contributed by atoms with Gasteiger partial charge in [-0.15, -0.1) is 0 Å². The average Bonchev–Trinajstić information content (AvgIpc) is 2.08. The summed E-state index contributed by atoms with van der Waals surface area (Å²) in [6.45, 7) is -0.0606. The van der Waals surface area contributed by atoms with E-state index >= 15 is 0 Å². The number of nitrogens with one attached hydrogen (secondary N) is 1. The first-order valence-electron chi connectivity index (χ1n) is 3.58. The van der Waals surface area contributed by atoms with E-state index in [2.05, 4.69) is 5.32 Å². The van der Waals surface area contributed by atoms with Crippen LogP contribution in [0.15, 0.2) is 12.1 Å². The van der Waals surface area contributed by atoms with E-state index in [1.54, 1.807) is 0 Å². The molecule has 1 aliphatic rings. The van der Waals surface area contributed by atoms with Gasteiger partial charge in [-0.3, -0.25) is 4.79 Å². The predicted octanol–water partition coefficient (Wildman–Crippen LogP) is 1.81. The SMILES string of the molecule is O=C1COc2cc(Cl)c(F)cc2N1. The van der Waals surface area contributed by atoms with Crippen LogP contribution >= 0.6 is 11.6 Å². The molecule has 1 heterocycles. The standard InChI is InChI=1S/C8H5ClFNO2/c9-4-1-7-6(2-5(4)10)11-8(12)3-13-7/h1-2H,3H2,(H,11,12). The van der Waals surface area contributed by atoms with Crippen molar-refractivity contribution in [1.29, 1.82) is 0 Å². The van der Waals surface area contributed by atoms with Crippen LogP contribution in [0.25, 0.3) is 0 Å². The zero-order chi connectivity index (χ0) is 9.42. The molecular weight excluding hydrogens is 197 g/mol. The fourth-order valence-electron chi connectivity index (χ4n) is 1.08. The van der Waals surface area contributed by atoms with Gasteiger partial charge in [0.1, 0.15) is 11.6 Å². The van der Waals surface area contributed by atoms with E-state index in [-0.39, 0.29) is 17.5 Å². The summed E-state index contributed by atoms with van der Waals surface area (Å²) in [6.07, 6.45) is 0. The first kappa shape index (κ1) is 8.31. The molecule has 0 saturated heterocycles. The van der Waals surface area contributed by atoms with E-state index in [4.69, 9.17) is 16.3 Å². The highest BCUT2D eigenvalue weighted by Crippen LogP contribution is 2.32. The molecule has 13 heavy (non-hydrogen) atoms. The molecule has 0 bridgehead atoms. The maximum absolute atomic E-state index is 12.9. The second-order valence-corrected chi connectivity index (χ2v) is 3.01. The minimum Gasteiger partial charge on any atom is -0.482 e. The van der Waals surface area contributed by atoms with E-state index in [0.717, 1.165) is 6.07 Å². The maximum atomic E-state index is 12.9. The normalized spacial score (nSPS) is 14.5. The number of rotatable bonds is 0. The second kappa shape index (κ2) is 2.88. The van der Waals surface area contributed by atoms with Crippen LogP contribution in [-0.2, 0) is 4.79 Å². The zero-order valence-electron chi connectivity index (χ0n) is 6.43. The summed E-state index contributed by atoms with van der Waals surface area (Å²) in [4.78, 5) is 10.8. The van der Waals surface area contributed by atoms with Crippen molar-refractivity contribution in [3.63, 3.8) is 0 Å². The lowest BCUT2D eigenvalue weighted by Crippen LogP contribution is -2.25. The highest BCUT2D eigenvalue weighted by atomic mass is 35.5. The van der Waals surface area contributed by atoms with Crippen LogP contribution < -0.4 is 10.1 Å². The third-order valence-corrected chi connectivity index (χ3v) is 1.94. The Balaban J connectivity index is 2.49. The fraction of sp³-hybridized carbons (Fsp3) is 0.125. The summed E-state index contributed by atoms with van der Waals surface area (Å²) in [5.74, 6) is -0.480. The van der Waals surface area contributed by atoms with Crippen molar-refractivity contribution in [2.75, 3.05) is 11.9 Å². The first-order chi connectivity index (χ1) is 6.16. The highest BCUT2D eigenvalue weighted by Gasteiger charge is 2.17. The summed E-state index contributed by atoms with van der Waals surface area (Å²) in [5, 5.41) is 2.45. The monoisotopic (exact) mass is 201 g/mol. The molecule has 0 saturated carbocycles. The van der Waals surface area contributed by atoms with Gasteiger partial charge in [0.15, 0.2) is 6.61 Å². The van der Waals surface area contributed by atoms with Crippen molar-refractivity contribution in [3.05, 3.63) is 23.0 Å². The van der Waals surface area contributed by atoms with Gasteiger partial charge in [0.25, 0.3) is 5.91 Å². The Labute approximate surface area is 78.4 Å². The number of fused-ring (bicyclic) bond motifs is 1. The van der Waals surface area contributed by atoms with Crippen LogP contribution in [0.2, 0.25) is 5.02 Å². The number of anilines is 1. The molecule has 1 aliphatic heterocycles. The highest BCUT2D eigenvalue weighted by molar-refractivity contribution is 6.31. The number of carbonyl (C=O) groups is 1. The molecule has 1 aromatic rings. The molecule has 68 valence electrons. The van der Waals surface area contributed by atoms with Crippen molar-refractivity contribution in [2.45, 2.75) is 0 Å². The minimum atomic E-state index is -0.578. The summed E-state index contributed by atoms with van der Waals surface area (Å²) in [5.41, 5.74) is 0.318. The van der Waals surface area contributed by atoms with Crippen molar-refractivity contribution in [3.8, 4) is 5.75 Å². The first-order valence-corrected chi connectivity index (χ1v) is 3.96. The Hall–Kier alpha value is -1.29. The molecular formula is C8H5ClFNO2. The fourth-order valence-corrected chi connectivity index (χ4v) is 1.23. The van der Waals surface area contributed by atoms with Gasteiger partial charge in [0.2, 0.25) is 0 Å². The second-order valence-electron chi connectivity index (χ2n) is 2.60. The molecule has 1 aromatic carbocycles. The van der Waals surface area contributed by atoms with E-state index in [0.29, 0.717) is 11.4 Å². The van der Waals surface area contributed by atoms with Crippen LogP contribution in [-0.4, -0.2) is 12.5 Å². The van der Waals surface area contributed by atoms with Gasteiger partial charge in [0, 0.05) is 12.1 Å². The number of carbonyl (C=O) groups excluding carboxylic acids is 1. The number of ether oxygens (including phenoxy) is 1. The summed E-state index contributed by atoms with van der Waals surface area (Å²) in [6, 6.07) is 2.47. The van der Waals surface area contributed by atoms with E-state index in [1.165, 1.54) is 6.07 Å². The zero-order valence-corrected chi connectivity index (χ0v) is 7.19. The van der Waals surface area contributed by atoms with Gasteiger partial charge in [-0.2, -0.15) is 0 Å². The number of amides is 1. The Kier molecular flexibility index (Phi) is 1.84. The molecule has 1 amide bonds. The largest absolute Gasteiger partial charge is 0.482 e. The van der Waals surface area contributed by atoms with Crippen molar-refractivity contribution in [1.82, 2.24) is 0 Å². The topological polar surface area (TPSA) is 38.3 Å². The van der Waals surface area contributed by atoms with Crippen LogP contribution in [0.5, 0.6) is 5.75 Å². The minimum absolute atomic E-state index is 0.0186.